The highest BCUT2D eigenvalue weighted by atomic mass is 16.2. The molecule has 0 aliphatic heterocycles. The molecule has 0 N–H and O–H groups in total. The van der Waals surface area contributed by atoms with Gasteiger partial charge in [0.15, 0.2) is 0 Å². The summed E-state index contributed by atoms with van der Waals surface area (Å²) in [5.74, 6) is 0.125. The molecule has 0 saturated carbocycles. The zero-order valence-corrected chi connectivity index (χ0v) is 13.6. The van der Waals surface area contributed by atoms with Gasteiger partial charge in [-0.05, 0) is 30.2 Å². The first-order valence-corrected chi connectivity index (χ1v) is 7.88. The van der Waals surface area contributed by atoms with Gasteiger partial charge in [-0.15, -0.1) is 0 Å². The SMILES string of the molecule is CN(Cc1cccc(-n2cccn2)c1)C(=O)CCCn1cncn1. The monoisotopic (exact) mass is 324 g/mol. The molecule has 1 aromatic carbocycles. The zero-order valence-electron chi connectivity index (χ0n) is 13.6. The molecule has 0 aliphatic rings. The molecule has 0 fully saturated rings. The van der Waals surface area contributed by atoms with Crippen molar-refractivity contribution in [3.63, 3.8) is 0 Å². The number of aryl methyl sites for hydroxylation is 1. The van der Waals surface area contributed by atoms with E-state index in [2.05, 4.69) is 15.2 Å². The molecule has 7 nitrogen and oxygen atoms in total. The van der Waals surface area contributed by atoms with Crippen LogP contribution in [0.3, 0.4) is 0 Å². The second-order valence-corrected chi connectivity index (χ2v) is 5.63. The minimum atomic E-state index is 0.125. The van der Waals surface area contributed by atoms with Gasteiger partial charge in [0.05, 0.1) is 5.69 Å². The van der Waals surface area contributed by atoms with Gasteiger partial charge >= 0.3 is 0 Å². The van der Waals surface area contributed by atoms with Gasteiger partial charge in [-0.3, -0.25) is 9.48 Å². The number of hydrogen-bond donors (Lipinski definition) is 0. The van der Waals surface area contributed by atoms with Crippen molar-refractivity contribution in [3.8, 4) is 5.69 Å². The predicted octanol–water partition coefficient (Wildman–Crippen LogP) is 1.90. The number of rotatable bonds is 7. The van der Waals surface area contributed by atoms with Crippen molar-refractivity contribution in [2.45, 2.75) is 25.9 Å². The summed E-state index contributed by atoms with van der Waals surface area (Å²) in [6, 6.07) is 9.93. The third-order valence-corrected chi connectivity index (χ3v) is 3.77. The van der Waals surface area contributed by atoms with Crippen LogP contribution in [-0.2, 0) is 17.9 Å². The van der Waals surface area contributed by atoms with Gasteiger partial charge in [0.1, 0.15) is 12.7 Å². The van der Waals surface area contributed by atoms with Crippen LogP contribution >= 0.6 is 0 Å². The van der Waals surface area contributed by atoms with Crippen molar-refractivity contribution < 1.29 is 4.79 Å². The van der Waals surface area contributed by atoms with E-state index < -0.39 is 0 Å². The second kappa shape index (κ2) is 7.54. The molecule has 0 saturated heterocycles. The lowest BCUT2D eigenvalue weighted by molar-refractivity contribution is -0.130. The van der Waals surface area contributed by atoms with Crippen LogP contribution in [0.25, 0.3) is 5.69 Å². The fourth-order valence-corrected chi connectivity index (χ4v) is 2.51. The summed E-state index contributed by atoms with van der Waals surface area (Å²) in [5, 5.41) is 8.26. The molecule has 1 amide bonds. The highest BCUT2D eigenvalue weighted by molar-refractivity contribution is 5.75. The Kier molecular flexibility index (Phi) is 5.00. The maximum absolute atomic E-state index is 12.3. The highest BCUT2D eigenvalue weighted by Crippen LogP contribution is 2.12. The Hall–Kier alpha value is -2.96. The highest BCUT2D eigenvalue weighted by Gasteiger charge is 2.10. The fourth-order valence-electron chi connectivity index (χ4n) is 2.51. The first-order valence-electron chi connectivity index (χ1n) is 7.88. The quantitative estimate of drug-likeness (QED) is 0.666. The van der Waals surface area contributed by atoms with Crippen LogP contribution in [0.1, 0.15) is 18.4 Å². The molecule has 0 unspecified atom stereocenters. The van der Waals surface area contributed by atoms with Crippen LogP contribution in [0.2, 0.25) is 0 Å². The third-order valence-electron chi connectivity index (χ3n) is 3.77. The van der Waals surface area contributed by atoms with Crippen molar-refractivity contribution in [3.05, 3.63) is 60.9 Å². The Morgan fingerprint density at radius 1 is 1.25 bits per heavy atom. The second-order valence-electron chi connectivity index (χ2n) is 5.63. The molecule has 3 aromatic rings. The molecule has 0 spiro atoms. The summed E-state index contributed by atoms with van der Waals surface area (Å²) in [4.78, 5) is 17.9. The van der Waals surface area contributed by atoms with Crippen molar-refractivity contribution in [1.82, 2.24) is 29.4 Å². The standard InChI is InChI=1S/C17H20N6O/c1-21(17(24)7-3-9-22-14-18-13-20-22)12-15-5-2-6-16(11-15)23-10-4-8-19-23/h2,4-6,8,10-11,13-14H,3,7,9,12H2,1H3. The summed E-state index contributed by atoms with van der Waals surface area (Å²) in [5.41, 5.74) is 2.07. The van der Waals surface area contributed by atoms with Crippen LogP contribution in [0, 0.1) is 0 Å². The molecular weight excluding hydrogens is 304 g/mol. The molecule has 0 radical (unpaired) electrons. The average Bonchev–Trinajstić information content (AvgIpc) is 3.29. The van der Waals surface area contributed by atoms with Crippen LogP contribution in [0.15, 0.2) is 55.4 Å². The van der Waals surface area contributed by atoms with Gasteiger partial charge in [-0.2, -0.15) is 10.2 Å². The number of carbonyl (C=O) groups is 1. The van der Waals surface area contributed by atoms with E-state index in [1.807, 2.05) is 48.3 Å². The van der Waals surface area contributed by atoms with Crippen molar-refractivity contribution in [2.24, 2.45) is 0 Å². The minimum absolute atomic E-state index is 0.125. The molecule has 124 valence electrons. The lowest BCUT2D eigenvalue weighted by Gasteiger charge is -2.18. The summed E-state index contributed by atoms with van der Waals surface area (Å²) < 4.78 is 3.55. The van der Waals surface area contributed by atoms with E-state index in [4.69, 9.17) is 0 Å². The minimum Gasteiger partial charge on any atom is -0.341 e. The van der Waals surface area contributed by atoms with Gasteiger partial charge in [-0.25, -0.2) is 9.67 Å². The Morgan fingerprint density at radius 2 is 2.17 bits per heavy atom. The predicted molar refractivity (Wildman–Crippen MR) is 89.3 cm³/mol. The first kappa shape index (κ1) is 15.9. The molecular formula is C17H20N6O. The van der Waals surface area contributed by atoms with E-state index in [0.29, 0.717) is 19.5 Å². The smallest absolute Gasteiger partial charge is 0.222 e. The Labute approximate surface area is 140 Å². The summed E-state index contributed by atoms with van der Waals surface area (Å²) in [6.07, 6.45) is 8.06. The van der Waals surface area contributed by atoms with E-state index in [0.717, 1.165) is 17.7 Å². The molecule has 0 aliphatic carbocycles. The summed E-state index contributed by atoms with van der Waals surface area (Å²) in [7, 11) is 1.83. The third kappa shape index (κ3) is 4.07. The van der Waals surface area contributed by atoms with Gasteiger partial charge in [0.25, 0.3) is 0 Å². The van der Waals surface area contributed by atoms with Crippen molar-refractivity contribution in [2.75, 3.05) is 7.05 Å². The molecule has 0 bridgehead atoms. The van der Waals surface area contributed by atoms with Gasteiger partial charge in [0.2, 0.25) is 5.91 Å². The maximum Gasteiger partial charge on any atom is 0.222 e. The zero-order chi connectivity index (χ0) is 16.8. The van der Waals surface area contributed by atoms with Crippen LogP contribution in [0.5, 0.6) is 0 Å². The lowest BCUT2D eigenvalue weighted by atomic mass is 10.2. The Balaban J connectivity index is 1.53. The van der Waals surface area contributed by atoms with Gasteiger partial charge in [-0.1, -0.05) is 12.1 Å². The number of carbonyl (C=O) groups excluding carboxylic acids is 1. The van der Waals surface area contributed by atoms with E-state index >= 15 is 0 Å². The maximum atomic E-state index is 12.3. The first-order chi connectivity index (χ1) is 11.7. The van der Waals surface area contributed by atoms with Crippen LogP contribution in [-0.4, -0.2) is 42.4 Å². The number of amides is 1. The molecule has 0 atom stereocenters. The number of hydrogen-bond acceptors (Lipinski definition) is 4. The largest absolute Gasteiger partial charge is 0.341 e. The summed E-state index contributed by atoms with van der Waals surface area (Å²) >= 11 is 0. The Bertz CT molecular complexity index is 766. The van der Waals surface area contributed by atoms with E-state index in [-0.39, 0.29) is 5.91 Å². The number of nitrogens with zero attached hydrogens (tertiary/aromatic N) is 6. The number of aromatic nitrogens is 5. The molecule has 24 heavy (non-hydrogen) atoms. The summed E-state index contributed by atoms with van der Waals surface area (Å²) in [6.45, 7) is 1.28. The van der Waals surface area contributed by atoms with Gasteiger partial charge in [0, 0.05) is 39.0 Å². The molecule has 3 rings (SSSR count). The van der Waals surface area contributed by atoms with Crippen LogP contribution in [0.4, 0.5) is 0 Å². The molecule has 7 heteroatoms. The average molecular weight is 324 g/mol. The van der Waals surface area contributed by atoms with E-state index in [9.17, 15) is 4.79 Å². The van der Waals surface area contributed by atoms with Crippen LogP contribution < -0.4 is 0 Å². The molecule has 2 aromatic heterocycles. The van der Waals surface area contributed by atoms with E-state index in [1.165, 1.54) is 6.33 Å². The molecule has 2 heterocycles. The lowest BCUT2D eigenvalue weighted by Crippen LogP contribution is -2.26. The topological polar surface area (TPSA) is 68.8 Å². The van der Waals surface area contributed by atoms with Gasteiger partial charge < -0.3 is 4.90 Å². The number of benzene rings is 1. The van der Waals surface area contributed by atoms with E-state index in [1.54, 1.807) is 22.1 Å². The fraction of sp³-hybridized carbons (Fsp3) is 0.294. The Morgan fingerprint density at radius 3 is 2.92 bits per heavy atom. The normalized spacial score (nSPS) is 10.7. The van der Waals surface area contributed by atoms with Crippen molar-refractivity contribution in [1.29, 1.82) is 0 Å². The van der Waals surface area contributed by atoms with Crippen molar-refractivity contribution >= 4 is 5.91 Å².